The van der Waals surface area contributed by atoms with Gasteiger partial charge in [-0.15, -0.1) is 0 Å². The molecular formula is C13H12Cl2N2S. The Morgan fingerprint density at radius 2 is 1.94 bits per heavy atom. The fourth-order valence-corrected chi connectivity index (χ4v) is 3.24. The normalized spacial score (nSPS) is 18.7. The number of hydrogen-bond acceptors (Lipinski definition) is 1. The van der Waals surface area contributed by atoms with Gasteiger partial charge in [-0.3, -0.25) is 0 Å². The number of fused-ring (bicyclic) bond motifs is 1. The van der Waals surface area contributed by atoms with E-state index in [1.54, 1.807) is 0 Å². The summed E-state index contributed by atoms with van der Waals surface area (Å²) >= 11 is 17.4. The third-order valence-corrected chi connectivity index (χ3v) is 4.57. The number of imidazole rings is 1. The number of aromatic nitrogens is 2. The Morgan fingerprint density at radius 3 is 2.61 bits per heavy atom. The van der Waals surface area contributed by atoms with Crippen LogP contribution >= 0.6 is 35.4 Å². The highest BCUT2D eigenvalue weighted by molar-refractivity contribution is 7.71. The fourth-order valence-electron chi connectivity index (χ4n) is 2.59. The average molecular weight is 299 g/mol. The summed E-state index contributed by atoms with van der Waals surface area (Å²) in [5.74, 6) is 0. The maximum Gasteiger partial charge on any atom is 0.177 e. The highest BCUT2D eigenvalue weighted by atomic mass is 35.5. The molecule has 1 aromatic carbocycles. The number of nitrogens with one attached hydrogen (secondary N) is 1. The van der Waals surface area contributed by atoms with Gasteiger partial charge in [-0.25, -0.2) is 0 Å². The molecular weight excluding hydrogens is 287 g/mol. The quantitative estimate of drug-likeness (QED) is 0.764. The van der Waals surface area contributed by atoms with Crippen molar-refractivity contribution in [1.82, 2.24) is 9.55 Å². The summed E-state index contributed by atoms with van der Waals surface area (Å²) < 4.78 is 2.91. The second-order valence-corrected chi connectivity index (χ2v) is 5.81. The first kappa shape index (κ1) is 12.3. The Balaban J connectivity index is 1.96. The van der Waals surface area contributed by atoms with E-state index in [0.29, 0.717) is 16.1 Å². The van der Waals surface area contributed by atoms with Crippen LogP contribution in [-0.2, 0) is 12.8 Å². The van der Waals surface area contributed by atoms with Crippen molar-refractivity contribution in [1.29, 1.82) is 0 Å². The Bertz CT molecular complexity index is 645. The molecule has 1 N–H and O–H groups in total. The molecule has 1 heterocycles. The van der Waals surface area contributed by atoms with E-state index in [2.05, 4.69) is 9.55 Å². The Kier molecular flexibility index (Phi) is 3.22. The highest BCUT2D eigenvalue weighted by Crippen LogP contribution is 2.34. The van der Waals surface area contributed by atoms with Gasteiger partial charge < -0.3 is 9.55 Å². The van der Waals surface area contributed by atoms with E-state index in [1.165, 1.54) is 11.1 Å². The second-order valence-electron chi connectivity index (χ2n) is 4.60. The monoisotopic (exact) mass is 298 g/mol. The first-order chi connectivity index (χ1) is 8.65. The highest BCUT2D eigenvalue weighted by Gasteiger charge is 2.21. The summed E-state index contributed by atoms with van der Waals surface area (Å²) in [5, 5.41) is 1.28. The van der Waals surface area contributed by atoms with E-state index in [0.717, 1.165) is 24.0 Å². The van der Waals surface area contributed by atoms with Crippen LogP contribution in [0.1, 0.15) is 23.6 Å². The molecule has 0 fully saturated rings. The lowest BCUT2D eigenvalue weighted by atomic mass is 9.88. The van der Waals surface area contributed by atoms with Gasteiger partial charge in [0.15, 0.2) is 4.77 Å². The summed E-state index contributed by atoms with van der Waals surface area (Å²) in [4.78, 5) is 3.04. The maximum absolute atomic E-state index is 6.08. The van der Waals surface area contributed by atoms with Crippen LogP contribution in [0.25, 0.3) is 0 Å². The second kappa shape index (κ2) is 4.72. The van der Waals surface area contributed by atoms with Gasteiger partial charge in [-0.1, -0.05) is 23.2 Å². The van der Waals surface area contributed by atoms with Crippen molar-refractivity contribution in [2.24, 2.45) is 0 Å². The van der Waals surface area contributed by atoms with Crippen LogP contribution in [-0.4, -0.2) is 9.55 Å². The summed E-state index contributed by atoms with van der Waals surface area (Å²) in [6, 6.07) is 4.39. The van der Waals surface area contributed by atoms with E-state index in [4.69, 9.17) is 35.4 Å². The topological polar surface area (TPSA) is 20.7 Å². The zero-order valence-electron chi connectivity index (χ0n) is 9.62. The van der Waals surface area contributed by atoms with Gasteiger partial charge in [0.05, 0.1) is 10.0 Å². The number of rotatable bonds is 1. The van der Waals surface area contributed by atoms with Crippen molar-refractivity contribution in [3.05, 3.63) is 50.5 Å². The van der Waals surface area contributed by atoms with Gasteiger partial charge >= 0.3 is 0 Å². The average Bonchev–Trinajstić information content (AvgIpc) is 2.76. The summed E-state index contributed by atoms with van der Waals surface area (Å²) in [6.07, 6.45) is 6.95. The number of aromatic amines is 1. The zero-order chi connectivity index (χ0) is 12.7. The van der Waals surface area contributed by atoms with E-state index < -0.39 is 0 Å². The molecule has 0 bridgehead atoms. The van der Waals surface area contributed by atoms with Gasteiger partial charge in [0, 0.05) is 18.4 Å². The van der Waals surface area contributed by atoms with Crippen molar-refractivity contribution in [3.8, 4) is 0 Å². The number of aryl methyl sites for hydroxylation is 1. The minimum atomic E-state index is 0.411. The number of H-pyrrole nitrogens is 1. The van der Waals surface area contributed by atoms with Crippen LogP contribution in [0.15, 0.2) is 24.5 Å². The molecule has 1 aliphatic rings. The van der Waals surface area contributed by atoms with Crippen LogP contribution in [0.4, 0.5) is 0 Å². The van der Waals surface area contributed by atoms with Crippen LogP contribution in [0.2, 0.25) is 10.0 Å². The fraction of sp³-hybridized carbons (Fsp3) is 0.308. The molecule has 0 saturated heterocycles. The lowest BCUT2D eigenvalue weighted by Crippen LogP contribution is -2.18. The summed E-state index contributed by atoms with van der Waals surface area (Å²) in [7, 11) is 0. The molecule has 1 aliphatic carbocycles. The Morgan fingerprint density at radius 1 is 1.22 bits per heavy atom. The van der Waals surface area contributed by atoms with Gasteiger partial charge in [0.1, 0.15) is 0 Å². The predicted molar refractivity (Wildman–Crippen MR) is 77.1 cm³/mol. The lowest BCUT2D eigenvalue weighted by molar-refractivity contribution is 0.438. The van der Waals surface area contributed by atoms with Crippen molar-refractivity contribution in [2.75, 3.05) is 0 Å². The zero-order valence-corrected chi connectivity index (χ0v) is 11.9. The minimum Gasteiger partial charge on any atom is -0.337 e. The molecule has 5 heteroatoms. The van der Waals surface area contributed by atoms with Crippen molar-refractivity contribution >= 4 is 35.4 Å². The number of nitrogens with zero attached hydrogens (tertiary/aromatic N) is 1. The van der Waals surface area contributed by atoms with Crippen LogP contribution in [0.3, 0.4) is 0 Å². The number of benzene rings is 1. The smallest absolute Gasteiger partial charge is 0.177 e. The first-order valence-corrected chi connectivity index (χ1v) is 7.04. The van der Waals surface area contributed by atoms with E-state index >= 15 is 0 Å². The van der Waals surface area contributed by atoms with Crippen LogP contribution in [0.5, 0.6) is 0 Å². The minimum absolute atomic E-state index is 0.411. The van der Waals surface area contributed by atoms with Crippen molar-refractivity contribution in [3.63, 3.8) is 0 Å². The maximum atomic E-state index is 6.08. The summed E-state index contributed by atoms with van der Waals surface area (Å²) in [6.45, 7) is 0. The molecule has 0 radical (unpaired) electrons. The molecule has 94 valence electrons. The molecule has 2 nitrogen and oxygen atoms in total. The Labute approximate surface area is 121 Å². The van der Waals surface area contributed by atoms with Crippen molar-refractivity contribution in [2.45, 2.75) is 25.3 Å². The molecule has 0 saturated carbocycles. The van der Waals surface area contributed by atoms with Gasteiger partial charge in [-0.2, -0.15) is 0 Å². The first-order valence-electron chi connectivity index (χ1n) is 5.87. The molecule has 18 heavy (non-hydrogen) atoms. The van der Waals surface area contributed by atoms with E-state index in [9.17, 15) is 0 Å². The molecule has 1 unspecified atom stereocenters. The van der Waals surface area contributed by atoms with Crippen LogP contribution < -0.4 is 0 Å². The number of halogens is 2. The third kappa shape index (κ3) is 2.11. The lowest BCUT2D eigenvalue weighted by Gasteiger charge is -2.26. The largest absolute Gasteiger partial charge is 0.337 e. The molecule has 0 aliphatic heterocycles. The summed E-state index contributed by atoms with van der Waals surface area (Å²) in [5.41, 5.74) is 2.59. The molecule has 1 atom stereocenters. The van der Waals surface area contributed by atoms with Gasteiger partial charge in [0.2, 0.25) is 0 Å². The molecule has 3 rings (SSSR count). The SMILES string of the molecule is S=c1[nH]ccn1C1CCc2cc(Cl)c(Cl)cc2C1. The molecule has 2 aromatic rings. The number of hydrogen-bond donors (Lipinski definition) is 1. The van der Waals surface area contributed by atoms with E-state index in [-0.39, 0.29) is 0 Å². The van der Waals surface area contributed by atoms with Gasteiger partial charge in [0.25, 0.3) is 0 Å². The molecule has 1 aromatic heterocycles. The van der Waals surface area contributed by atoms with Gasteiger partial charge in [-0.05, 0) is 54.7 Å². The Hall–Kier alpha value is -0.770. The van der Waals surface area contributed by atoms with Crippen LogP contribution in [0, 0.1) is 4.77 Å². The molecule has 0 spiro atoms. The molecule has 0 amide bonds. The third-order valence-electron chi connectivity index (χ3n) is 3.51. The van der Waals surface area contributed by atoms with Crippen molar-refractivity contribution < 1.29 is 0 Å². The predicted octanol–water partition coefficient (Wildman–Crippen LogP) is 4.58. The van der Waals surface area contributed by atoms with E-state index in [1.807, 2.05) is 24.5 Å². The standard InChI is InChI=1S/C13H12Cl2N2S/c14-11-6-8-1-2-10(5-9(8)7-12(11)15)17-4-3-16-13(17)18/h3-4,6-7,10H,1-2,5H2,(H,16,18).